The first-order valence-electron chi connectivity index (χ1n) is 7.23. The normalized spacial score (nSPS) is 28.8. The molecule has 21 heavy (non-hydrogen) atoms. The Balaban J connectivity index is 1.81. The fourth-order valence-electron chi connectivity index (χ4n) is 3.20. The van der Waals surface area contributed by atoms with Gasteiger partial charge in [0.05, 0.1) is 24.9 Å². The number of carbonyl (C=O) groups is 1. The fourth-order valence-corrected chi connectivity index (χ4v) is 3.54. The summed E-state index contributed by atoms with van der Waals surface area (Å²) in [5.74, 6) is 0.752. The molecule has 0 aromatic heterocycles. The summed E-state index contributed by atoms with van der Waals surface area (Å²) in [5, 5.41) is 0. The Kier molecular flexibility index (Phi) is 4.33. The van der Waals surface area contributed by atoms with E-state index in [1.165, 1.54) is 0 Å². The van der Waals surface area contributed by atoms with Crippen LogP contribution in [0.5, 0.6) is 5.75 Å². The first kappa shape index (κ1) is 15.0. The van der Waals surface area contributed by atoms with Gasteiger partial charge in [-0.3, -0.25) is 4.79 Å². The van der Waals surface area contributed by atoms with Crippen LogP contribution >= 0.6 is 15.9 Å². The standard InChI is InChI=1S/C16H19BrO4/c1-19-14-8-12(17)2-3-13(14)15(18)11-4-6-21-16(9-11)5-7-20-10-16/h2-3,8,11H,4-7,9-10H2,1H3. The third-order valence-corrected chi connectivity index (χ3v) is 4.85. The Bertz CT molecular complexity index is 537. The van der Waals surface area contributed by atoms with E-state index in [0.29, 0.717) is 24.5 Å². The summed E-state index contributed by atoms with van der Waals surface area (Å²) < 4.78 is 17.6. The number of halogens is 1. The lowest BCUT2D eigenvalue weighted by atomic mass is 9.81. The topological polar surface area (TPSA) is 44.8 Å². The van der Waals surface area contributed by atoms with Gasteiger partial charge in [-0.05, 0) is 31.0 Å². The van der Waals surface area contributed by atoms with E-state index in [-0.39, 0.29) is 17.3 Å². The lowest BCUT2D eigenvalue weighted by Crippen LogP contribution is -2.42. The lowest BCUT2D eigenvalue weighted by Gasteiger charge is -2.36. The van der Waals surface area contributed by atoms with Crippen molar-refractivity contribution in [2.75, 3.05) is 26.9 Å². The van der Waals surface area contributed by atoms with Crippen molar-refractivity contribution in [3.63, 3.8) is 0 Å². The molecule has 2 aliphatic rings. The molecular weight excluding hydrogens is 336 g/mol. The van der Waals surface area contributed by atoms with E-state index in [4.69, 9.17) is 14.2 Å². The molecule has 2 fully saturated rings. The SMILES string of the molecule is COc1cc(Br)ccc1C(=O)C1CCOC2(CCOC2)C1. The summed E-state index contributed by atoms with van der Waals surface area (Å²) in [4.78, 5) is 12.8. The molecule has 0 radical (unpaired) electrons. The van der Waals surface area contributed by atoms with Gasteiger partial charge in [0, 0.05) is 30.0 Å². The van der Waals surface area contributed by atoms with Crippen LogP contribution in [0.2, 0.25) is 0 Å². The molecule has 2 unspecified atom stereocenters. The van der Waals surface area contributed by atoms with E-state index < -0.39 is 0 Å². The van der Waals surface area contributed by atoms with Crippen LogP contribution in [0.25, 0.3) is 0 Å². The monoisotopic (exact) mass is 354 g/mol. The van der Waals surface area contributed by atoms with Crippen molar-refractivity contribution in [3.05, 3.63) is 28.2 Å². The van der Waals surface area contributed by atoms with E-state index in [2.05, 4.69) is 15.9 Å². The molecule has 1 spiro atoms. The molecular formula is C16H19BrO4. The van der Waals surface area contributed by atoms with Gasteiger partial charge in [0.2, 0.25) is 0 Å². The minimum absolute atomic E-state index is 0.0180. The van der Waals surface area contributed by atoms with Gasteiger partial charge in [-0.1, -0.05) is 15.9 Å². The third-order valence-electron chi connectivity index (χ3n) is 4.36. The molecule has 0 bridgehead atoms. The average Bonchev–Trinajstić information content (AvgIpc) is 2.94. The van der Waals surface area contributed by atoms with Crippen LogP contribution in [-0.2, 0) is 9.47 Å². The summed E-state index contributed by atoms with van der Waals surface area (Å²) in [6.45, 7) is 1.95. The van der Waals surface area contributed by atoms with Crippen LogP contribution in [-0.4, -0.2) is 38.3 Å². The lowest BCUT2D eigenvalue weighted by molar-refractivity contribution is -0.0920. The smallest absolute Gasteiger partial charge is 0.169 e. The number of ether oxygens (including phenoxy) is 3. The highest BCUT2D eigenvalue weighted by Gasteiger charge is 2.43. The Labute approximate surface area is 132 Å². The van der Waals surface area contributed by atoms with Crippen molar-refractivity contribution < 1.29 is 19.0 Å². The number of rotatable bonds is 3. The quantitative estimate of drug-likeness (QED) is 0.781. The van der Waals surface area contributed by atoms with Crippen LogP contribution in [0.15, 0.2) is 22.7 Å². The zero-order chi connectivity index (χ0) is 14.9. The Hall–Kier alpha value is -0.910. The fraction of sp³-hybridized carbons (Fsp3) is 0.562. The molecule has 2 heterocycles. The van der Waals surface area contributed by atoms with E-state index in [1.807, 2.05) is 18.2 Å². The first-order chi connectivity index (χ1) is 10.1. The van der Waals surface area contributed by atoms with Crippen molar-refractivity contribution in [2.24, 2.45) is 5.92 Å². The zero-order valence-corrected chi connectivity index (χ0v) is 13.6. The summed E-state index contributed by atoms with van der Waals surface area (Å²) in [6.07, 6.45) is 2.39. The molecule has 5 heteroatoms. The maximum atomic E-state index is 12.8. The second kappa shape index (κ2) is 6.07. The van der Waals surface area contributed by atoms with Crippen LogP contribution in [0, 0.1) is 5.92 Å². The summed E-state index contributed by atoms with van der Waals surface area (Å²) in [5.41, 5.74) is 0.405. The minimum atomic E-state index is -0.249. The van der Waals surface area contributed by atoms with E-state index in [0.717, 1.165) is 30.3 Å². The van der Waals surface area contributed by atoms with Crippen molar-refractivity contribution in [3.8, 4) is 5.75 Å². The number of ketones is 1. The molecule has 0 saturated carbocycles. The Morgan fingerprint density at radius 1 is 1.43 bits per heavy atom. The highest BCUT2D eigenvalue weighted by atomic mass is 79.9. The van der Waals surface area contributed by atoms with E-state index >= 15 is 0 Å². The van der Waals surface area contributed by atoms with Crippen LogP contribution < -0.4 is 4.74 Å². The second-order valence-corrected chi connectivity index (χ2v) is 6.65. The second-order valence-electron chi connectivity index (χ2n) is 5.73. The molecule has 1 aromatic carbocycles. The predicted octanol–water partition coefficient (Wildman–Crippen LogP) is 3.23. The number of hydrogen-bond donors (Lipinski definition) is 0. The summed E-state index contributed by atoms with van der Waals surface area (Å²) >= 11 is 3.40. The van der Waals surface area contributed by atoms with Crippen molar-refractivity contribution in [1.29, 1.82) is 0 Å². The summed E-state index contributed by atoms with van der Waals surface area (Å²) in [7, 11) is 1.59. The van der Waals surface area contributed by atoms with Gasteiger partial charge in [0.15, 0.2) is 5.78 Å². The molecule has 0 aliphatic carbocycles. The Morgan fingerprint density at radius 2 is 2.29 bits per heavy atom. The van der Waals surface area contributed by atoms with Gasteiger partial charge in [-0.2, -0.15) is 0 Å². The molecule has 2 atom stereocenters. The number of Topliss-reactive ketones (excluding diaryl/α,β-unsaturated/α-hetero) is 1. The highest BCUT2D eigenvalue weighted by molar-refractivity contribution is 9.10. The maximum absolute atomic E-state index is 12.8. The Morgan fingerprint density at radius 3 is 3.00 bits per heavy atom. The number of methoxy groups -OCH3 is 1. The van der Waals surface area contributed by atoms with Gasteiger partial charge < -0.3 is 14.2 Å². The van der Waals surface area contributed by atoms with Gasteiger partial charge in [-0.25, -0.2) is 0 Å². The molecule has 3 rings (SSSR count). The van der Waals surface area contributed by atoms with E-state index in [1.54, 1.807) is 7.11 Å². The number of carbonyl (C=O) groups excluding carboxylic acids is 1. The maximum Gasteiger partial charge on any atom is 0.169 e. The molecule has 1 aromatic rings. The van der Waals surface area contributed by atoms with Crippen LogP contribution in [0.3, 0.4) is 0 Å². The van der Waals surface area contributed by atoms with Crippen molar-refractivity contribution >= 4 is 21.7 Å². The van der Waals surface area contributed by atoms with Crippen LogP contribution in [0.4, 0.5) is 0 Å². The predicted molar refractivity (Wildman–Crippen MR) is 81.9 cm³/mol. The first-order valence-corrected chi connectivity index (χ1v) is 8.02. The van der Waals surface area contributed by atoms with Gasteiger partial charge in [-0.15, -0.1) is 0 Å². The van der Waals surface area contributed by atoms with Crippen molar-refractivity contribution in [2.45, 2.75) is 24.9 Å². The van der Waals surface area contributed by atoms with Gasteiger partial charge in [0.25, 0.3) is 0 Å². The zero-order valence-electron chi connectivity index (χ0n) is 12.1. The average molecular weight is 355 g/mol. The van der Waals surface area contributed by atoms with Crippen LogP contribution in [0.1, 0.15) is 29.6 Å². The van der Waals surface area contributed by atoms with Gasteiger partial charge >= 0.3 is 0 Å². The minimum Gasteiger partial charge on any atom is -0.496 e. The molecule has 4 nitrogen and oxygen atoms in total. The summed E-state index contributed by atoms with van der Waals surface area (Å²) in [6, 6.07) is 5.54. The van der Waals surface area contributed by atoms with Crippen molar-refractivity contribution in [1.82, 2.24) is 0 Å². The molecule has 2 saturated heterocycles. The number of benzene rings is 1. The van der Waals surface area contributed by atoms with Gasteiger partial charge in [0.1, 0.15) is 5.75 Å². The third kappa shape index (κ3) is 3.00. The molecule has 0 amide bonds. The number of hydrogen-bond acceptors (Lipinski definition) is 4. The largest absolute Gasteiger partial charge is 0.496 e. The van der Waals surface area contributed by atoms with E-state index in [9.17, 15) is 4.79 Å². The molecule has 2 aliphatic heterocycles. The molecule has 0 N–H and O–H groups in total. The molecule has 114 valence electrons. The highest BCUT2D eigenvalue weighted by Crippen LogP contribution is 2.38.